The van der Waals surface area contributed by atoms with Crippen molar-refractivity contribution in [2.75, 3.05) is 25.1 Å². The lowest BCUT2D eigenvalue weighted by molar-refractivity contribution is 0.106. The van der Waals surface area contributed by atoms with Crippen LogP contribution < -0.4 is 10.5 Å². The van der Waals surface area contributed by atoms with Crippen LogP contribution in [0.15, 0.2) is 23.4 Å². The average Bonchev–Trinajstić information content (AvgIpc) is 3.38. The zero-order chi connectivity index (χ0) is 19.0. The molecule has 4 rings (SSSR count). The molecule has 0 amide bonds. The monoisotopic (exact) mass is 371 g/mol. The quantitative estimate of drug-likeness (QED) is 0.711. The summed E-state index contributed by atoms with van der Waals surface area (Å²) < 4.78 is 9.05. The Morgan fingerprint density at radius 1 is 1.41 bits per heavy atom. The van der Waals surface area contributed by atoms with Gasteiger partial charge in [-0.1, -0.05) is 0 Å². The largest absolute Gasteiger partial charge is 0.378 e. The van der Waals surface area contributed by atoms with Gasteiger partial charge in [0.05, 0.1) is 24.2 Å². The van der Waals surface area contributed by atoms with E-state index in [-0.39, 0.29) is 11.6 Å². The molecule has 9 heteroatoms. The number of nitrogens with one attached hydrogen (secondary N) is 1. The molecule has 1 aliphatic rings. The van der Waals surface area contributed by atoms with E-state index in [1.807, 2.05) is 25.8 Å². The molecule has 27 heavy (non-hydrogen) atoms. The van der Waals surface area contributed by atoms with Crippen LogP contribution >= 0.6 is 0 Å². The number of H-pyrrole nitrogens is 1. The van der Waals surface area contributed by atoms with E-state index in [0.29, 0.717) is 17.7 Å². The lowest BCUT2D eigenvalue weighted by Crippen LogP contribution is -2.34. The fourth-order valence-electron chi connectivity index (χ4n) is 3.55. The minimum Gasteiger partial charge on any atom is -0.378 e. The lowest BCUT2D eigenvalue weighted by Gasteiger charge is -2.25. The van der Waals surface area contributed by atoms with Gasteiger partial charge in [0.2, 0.25) is 11.6 Å². The topological polar surface area (TPSA) is 93.3 Å². The minimum atomic E-state index is -0.145. The van der Waals surface area contributed by atoms with Crippen LogP contribution in [0.1, 0.15) is 39.2 Å². The standard InChI is InChI=1S/C18H25N7O2/c1-12(2)24-17(26)16-19-11-15(13-9-20-21-10-13)25(16)22-18(24)23(3)7-6-14-5-4-8-27-14/h9-12,14H,4-8H2,1-3H3,(H,20,21). The van der Waals surface area contributed by atoms with Crippen LogP contribution in [-0.2, 0) is 4.74 Å². The number of ether oxygens (including phenoxy) is 1. The summed E-state index contributed by atoms with van der Waals surface area (Å²) in [5.74, 6) is 0.628. The van der Waals surface area contributed by atoms with Crippen LogP contribution in [0.5, 0.6) is 0 Å². The van der Waals surface area contributed by atoms with Crippen molar-refractivity contribution in [3.8, 4) is 11.3 Å². The van der Waals surface area contributed by atoms with Crippen molar-refractivity contribution >= 4 is 11.6 Å². The molecule has 3 aromatic rings. The van der Waals surface area contributed by atoms with Gasteiger partial charge >= 0.3 is 0 Å². The van der Waals surface area contributed by atoms with Gasteiger partial charge in [-0.15, -0.1) is 5.10 Å². The van der Waals surface area contributed by atoms with Crippen LogP contribution in [-0.4, -0.2) is 55.7 Å². The maximum Gasteiger partial charge on any atom is 0.298 e. The molecular formula is C18H25N7O2. The van der Waals surface area contributed by atoms with E-state index >= 15 is 0 Å². The third-order valence-corrected chi connectivity index (χ3v) is 5.02. The van der Waals surface area contributed by atoms with Crippen LogP contribution in [0.25, 0.3) is 16.9 Å². The van der Waals surface area contributed by atoms with Gasteiger partial charge in [-0.05, 0) is 33.1 Å². The van der Waals surface area contributed by atoms with Crippen molar-refractivity contribution in [2.24, 2.45) is 0 Å². The molecule has 1 saturated heterocycles. The van der Waals surface area contributed by atoms with Crippen molar-refractivity contribution in [1.29, 1.82) is 0 Å². The predicted octanol–water partition coefficient (Wildman–Crippen LogP) is 1.87. The van der Waals surface area contributed by atoms with Crippen LogP contribution in [0.3, 0.4) is 0 Å². The summed E-state index contributed by atoms with van der Waals surface area (Å²) in [4.78, 5) is 19.4. The number of fused-ring (bicyclic) bond motifs is 1. The predicted molar refractivity (Wildman–Crippen MR) is 102 cm³/mol. The van der Waals surface area contributed by atoms with Crippen molar-refractivity contribution in [3.05, 3.63) is 28.9 Å². The zero-order valence-electron chi connectivity index (χ0n) is 15.9. The highest BCUT2D eigenvalue weighted by molar-refractivity contribution is 5.61. The Morgan fingerprint density at radius 2 is 2.26 bits per heavy atom. The van der Waals surface area contributed by atoms with Gasteiger partial charge in [-0.3, -0.25) is 14.5 Å². The number of rotatable bonds is 6. The van der Waals surface area contributed by atoms with E-state index in [2.05, 4.69) is 15.2 Å². The highest BCUT2D eigenvalue weighted by Gasteiger charge is 2.22. The molecule has 0 radical (unpaired) electrons. The maximum atomic E-state index is 13.1. The average molecular weight is 371 g/mol. The zero-order valence-corrected chi connectivity index (χ0v) is 15.9. The van der Waals surface area contributed by atoms with Crippen LogP contribution in [0.2, 0.25) is 0 Å². The van der Waals surface area contributed by atoms with E-state index in [9.17, 15) is 4.79 Å². The molecule has 1 unspecified atom stereocenters. The summed E-state index contributed by atoms with van der Waals surface area (Å²) in [5, 5.41) is 11.6. The number of imidazole rings is 1. The number of hydrogen-bond acceptors (Lipinski definition) is 6. The molecule has 3 aromatic heterocycles. The first-order chi connectivity index (χ1) is 13.1. The summed E-state index contributed by atoms with van der Waals surface area (Å²) in [6, 6.07) is -0.0238. The number of aromatic nitrogens is 6. The van der Waals surface area contributed by atoms with Gasteiger partial charge in [-0.2, -0.15) is 5.10 Å². The van der Waals surface area contributed by atoms with Crippen molar-refractivity contribution < 1.29 is 4.74 Å². The summed E-state index contributed by atoms with van der Waals surface area (Å²) >= 11 is 0. The second-order valence-electron chi connectivity index (χ2n) is 7.28. The number of aromatic amines is 1. The smallest absolute Gasteiger partial charge is 0.298 e. The summed E-state index contributed by atoms with van der Waals surface area (Å²) in [6.07, 6.45) is 8.56. The molecule has 1 atom stereocenters. The van der Waals surface area contributed by atoms with E-state index in [1.165, 1.54) is 0 Å². The minimum absolute atomic E-state index is 0.0238. The van der Waals surface area contributed by atoms with E-state index in [4.69, 9.17) is 9.84 Å². The fraction of sp³-hybridized carbons (Fsp3) is 0.556. The van der Waals surface area contributed by atoms with E-state index in [1.54, 1.807) is 27.7 Å². The van der Waals surface area contributed by atoms with Crippen LogP contribution in [0, 0.1) is 0 Å². The molecule has 0 aliphatic carbocycles. The molecule has 1 fully saturated rings. The molecular weight excluding hydrogens is 346 g/mol. The van der Waals surface area contributed by atoms with Crippen molar-refractivity contribution in [1.82, 2.24) is 29.4 Å². The third kappa shape index (κ3) is 3.23. The molecule has 0 bridgehead atoms. The van der Waals surface area contributed by atoms with Gasteiger partial charge in [0.1, 0.15) is 0 Å². The van der Waals surface area contributed by atoms with Gasteiger partial charge in [0.15, 0.2) is 0 Å². The van der Waals surface area contributed by atoms with Gasteiger partial charge < -0.3 is 9.64 Å². The van der Waals surface area contributed by atoms with Gasteiger partial charge in [-0.25, -0.2) is 9.50 Å². The maximum absolute atomic E-state index is 13.1. The number of hydrogen-bond donors (Lipinski definition) is 1. The van der Waals surface area contributed by atoms with Crippen molar-refractivity contribution in [2.45, 2.75) is 45.3 Å². The first-order valence-corrected chi connectivity index (χ1v) is 9.38. The highest BCUT2D eigenvalue weighted by Crippen LogP contribution is 2.21. The Hall–Kier alpha value is -2.68. The Morgan fingerprint density at radius 3 is 2.93 bits per heavy atom. The Balaban J connectivity index is 1.76. The molecule has 0 aromatic carbocycles. The molecule has 0 spiro atoms. The highest BCUT2D eigenvalue weighted by atomic mass is 16.5. The Bertz CT molecular complexity index is 968. The molecule has 9 nitrogen and oxygen atoms in total. The van der Waals surface area contributed by atoms with E-state index in [0.717, 1.165) is 43.7 Å². The van der Waals surface area contributed by atoms with Crippen LogP contribution in [0.4, 0.5) is 5.95 Å². The first-order valence-electron chi connectivity index (χ1n) is 9.38. The molecule has 144 valence electrons. The second kappa shape index (κ2) is 7.15. The lowest BCUT2D eigenvalue weighted by atomic mass is 10.2. The fourth-order valence-corrected chi connectivity index (χ4v) is 3.55. The SMILES string of the molecule is CC(C)n1c(N(C)CCC2CCCO2)nn2c(-c3cn[nH]c3)cnc2c1=O. The Kier molecular flexibility index (Phi) is 4.69. The van der Waals surface area contributed by atoms with Crippen molar-refractivity contribution in [3.63, 3.8) is 0 Å². The molecule has 4 heterocycles. The molecule has 1 N–H and O–H groups in total. The summed E-state index contributed by atoms with van der Waals surface area (Å²) in [5.41, 5.74) is 1.75. The second-order valence-corrected chi connectivity index (χ2v) is 7.28. The molecule has 0 saturated carbocycles. The molecule has 1 aliphatic heterocycles. The Labute approximate surface area is 157 Å². The van der Waals surface area contributed by atoms with Gasteiger partial charge in [0, 0.05) is 38.0 Å². The third-order valence-electron chi connectivity index (χ3n) is 5.02. The summed E-state index contributed by atoms with van der Waals surface area (Å²) in [6.45, 7) is 5.58. The number of anilines is 1. The van der Waals surface area contributed by atoms with E-state index < -0.39 is 0 Å². The number of nitrogens with zero attached hydrogens (tertiary/aromatic N) is 6. The normalized spacial score (nSPS) is 17.3. The summed E-state index contributed by atoms with van der Waals surface area (Å²) in [7, 11) is 1.97. The van der Waals surface area contributed by atoms with Gasteiger partial charge in [0.25, 0.3) is 5.56 Å². The first kappa shape index (κ1) is 17.7.